The molecule has 1 aliphatic rings. The molecule has 3 rings (SSSR count). The minimum atomic E-state index is -2.73. The monoisotopic (exact) mass is 479 g/mol. The summed E-state index contributed by atoms with van der Waals surface area (Å²) < 4.78 is 13.2. The number of likely N-dealkylation sites (tertiary alicyclic amines) is 1. The highest BCUT2D eigenvalue weighted by molar-refractivity contribution is 6.99. The van der Waals surface area contributed by atoms with Gasteiger partial charge < -0.3 is 9.16 Å². The van der Waals surface area contributed by atoms with Crippen LogP contribution in [0.1, 0.15) is 61.3 Å². The summed E-state index contributed by atoms with van der Waals surface area (Å²) in [5.74, 6) is 0. The Bertz CT molecular complexity index is 923. The van der Waals surface area contributed by atoms with Crippen molar-refractivity contribution in [3.05, 3.63) is 73.3 Å². The Morgan fingerprint density at radius 1 is 0.941 bits per heavy atom. The molecule has 5 heteroatoms. The molecule has 2 aromatic rings. The van der Waals surface area contributed by atoms with E-state index in [-0.39, 0.29) is 29.3 Å². The van der Waals surface area contributed by atoms with Crippen molar-refractivity contribution in [2.24, 2.45) is 0 Å². The molecule has 0 saturated carbocycles. The van der Waals surface area contributed by atoms with Gasteiger partial charge in [0.15, 0.2) is 0 Å². The number of rotatable bonds is 5. The summed E-state index contributed by atoms with van der Waals surface area (Å²) in [5, 5.41) is 2.37. The fourth-order valence-corrected chi connectivity index (χ4v) is 9.90. The van der Waals surface area contributed by atoms with E-state index in [1.807, 2.05) is 31.7 Å². The molecular weight excluding hydrogens is 438 g/mol. The maximum Gasteiger partial charge on any atom is 0.411 e. The van der Waals surface area contributed by atoms with Gasteiger partial charge in [-0.1, -0.05) is 87.5 Å². The molecule has 1 aliphatic heterocycles. The molecule has 3 atom stereocenters. The summed E-state index contributed by atoms with van der Waals surface area (Å²) in [6.45, 7) is 18.6. The van der Waals surface area contributed by atoms with E-state index in [2.05, 4.69) is 94.9 Å². The maximum atomic E-state index is 13.3. The SMILES string of the molecule is C=C[C@H]1CC[C@H](O[Si](c2ccccc2)(c2ccccc2)C(C)(C)C)[C@H](C)N1C(=O)OC(C)(C)C. The fraction of sp³-hybridized carbons (Fsp3) is 0.483. The Labute approximate surface area is 207 Å². The van der Waals surface area contributed by atoms with Crippen LogP contribution in [-0.4, -0.2) is 43.1 Å². The van der Waals surface area contributed by atoms with Gasteiger partial charge in [-0.3, -0.25) is 4.90 Å². The van der Waals surface area contributed by atoms with Gasteiger partial charge in [-0.15, -0.1) is 6.58 Å². The standard InChI is InChI=1S/C29H41NO3Si/c1-9-23-20-21-26(22(2)30(23)27(31)32-28(3,4)5)33-34(29(6,7)8,24-16-12-10-13-17-24)25-18-14-11-15-19-25/h9-19,22-23,26H,1,20-21H2,2-8H3/t22-,23-,26-/m0/s1. The van der Waals surface area contributed by atoms with E-state index in [0.29, 0.717) is 0 Å². The minimum absolute atomic E-state index is 0.0659. The van der Waals surface area contributed by atoms with Crippen LogP contribution in [0.3, 0.4) is 0 Å². The van der Waals surface area contributed by atoms with Gasteiger partial charge >= 0.3 is 6.09 Å². The largest absolute Gasteiger partial charge is 0.444 e. The van der Waals surface area contributed by atoms with Crippen molar-refractivity contribution >= 4 is 24.8 Å². The van der Waals surface area contributed by atoms with Crippen molar-refractivity contribution in [2.75, 3.05) is 0 Å². The first-order valence-corrected chi connectivity index (χ1v) is 14.2. The second-order valence-corrected chi connectivity index (χ2v) is 15.6. The molecule has 1 amide bonds. The minimum Gasteiger partial charge on any atom is -0.444 e. The van der Waals surface area contributed by atoms with Gasteiger partial charge in [0.05, 0.1) is 18.2 Å². The highest BCUT2D eigenvalue weighted by atomic mass is 28.4. The van der Waals surface area contributed by atoms with Crippen molar-refractivity contribution in [2.45, 2.75) is 90.1 Å². The third kappa shape index (κ3) is 5.31. The fourth-order valence-electron chi connectivity index (χ4n) is 5.12. The van der Waals surface area contributed by atoms with E-state index in [1.54, 1.807) is 0 Å². The second kappa shape index (κ2) is 10.1. The van der Waals surface area contributed by atoms with Crippen LogP contribution in [0.25, 0.3) is 0 Å². The van der Waals surface area contributed by atoms with Crippen molar-refractivity contribution in [1.82, 2.24) is 4.90 Å². The van der Waals surface area contributed by atoms with Gasteiger partial charge in [-0.05, 0) is 55.9 Å². The zero-order valence-electron chi connectivity index (χ0n) is 21.9. The molecule has 0 N–H and O–H groups in total. The average Bonchev–Trinajstić information content (AvgIpc) is 2.77. The number of benzene rings is 2. The van der Waals surface area contributed by atoms with E-state index in [9.17, 15) is 4.79 Å². The summed E-state index contributed by atoms with van der Waals surface area (Å²) in [5.41, 5.74) is -0.561. The summed E-state index contributed by atoms with van der Waals surface area (Å²) in [6.07, 6.45) is 3.10. The lowest BCUT2D eigenvalue weighted by Gasteiger charge is -2.50. The van der Waals surface area contributed by atoms with Crippen LogP contribution in [0.5, 0.6) is 0 Å². The van der Waals surface area contributed by atoms with Crippen molar-refractivity contribution in [1.29, 1.82) is 0 Å². The molecule has 1 fully saturated rings. The van der Waals surface area contributed by atoms with Crippen LogP contribution in [0.4, 0.5) is 4.79 Å². The van der Waals surface area contributed by atoms with Crippen LogP contribution in [-0.2, 0) is 9.16 Å². The molecule has 0 spiro atoms. The zero-order valence-corrected chi connectivity index (χ0v) is 22.9. The highest BCUT2D eigenvalue weighted by Gasteiger charge is 2.53. The lowest BCUT2D eigenvalue weighted by Crippen LogP contribution is -2.70. The second-order valence-electron chi connectivity index (χ2n) is 11.3. The van der Waals surface area contributed by atoms with Gasteiger partial charge in [0, 0.05) is 0 Å². The van der Waals surface area contributed by atoms with Crippen LogP contribution < -0.4 is 10.4 Å². The van der Waals surface area contributed by atoms with Gasteiger partial charge in [-0.2, -0.15) is 0 Å². The number of hydrogen-bond acceptors (Lipinski definition) is 3. The van der Waals surface area contributed by atoms with Gasteiger partial charge in [0.2, 0.25) is 0 Å². The molecule has 1 saturated heterocycles. The summed E-state index contributed by atoms with van der Waals surface area (Å²) in [6, 6.07) is 21.1. The van der Waals surface area contributed by atoms with Crippen molar-refractivity contribution < 1.29 is 14.0 Å². The van der Waals surface area contributed by atoms with E-state index in [1.165, 1.54) is 10.4 Å². The maximum absolute atomic E-state index is 13.3. The first-order chi connectivity index (χ1) is 15.9. The summed E-state index contributed by atoms with van der Waals surface area (Å²) in [4.78, 5) is 15.1. The average molecular weight is 480 g/mol. The van der Waals surface area contributed by atoms with E-state index in [0.717, 1.165) is 12.8 Å². The number of carbonyl (C=O) groups is 1. The van der Waals surface area contributed by atoms with Crippen molar-refractivity contribution in [3.63, 3.8) is 0 Å². The zero-order chi connectivity index (χ0) is 25.1. The van der Waals surface area contributed by atoms with E-state index >= 15 is 0 Å². The third-order valence-corrected chi connectivity index (χ3v) is 11.8. The Morgan fingerprint density at radius 2 is 1.44 bits per heavy atom. The van der Waals surface area contributed by atoms with Gasteiger partial charge in [-0.25, -0.2) is 4.79 Å². The number of hydrogen-bond donors (Lipinski definition) is 0. The Balaban J connectivity index is 2.07. The summed E-state index contributed by atoms with van der Waals surface area (Å²) >= 11 is 0. The number of nitrogens with zero attached hydrogens (tertiary/aromatic N) is 1. The highest BCUT2D eigenvalue weighted by Crippen LogP contribution is 2.40. The predicted octanol–water partition coefficient (Wildman–Crippen LogP) is 5.91. The van der Waals surface area contributed by atoms with Crippen LogP contribution in [0.2, 0.25) is 5.04 Å². The summed E-state index contributed by atoms with van der Waals surface area (Å²) in [7, 11) is -2.73. The topological polar surface area (TPSA) is 38.8 Å². The van der Waals surface area contributed by atoms with Gasteiger partial charge in [0.1, 0.15) is 5.60 Å². The number of carbonyl (C=O) groups excluding carboxylic acids is 1. The Hall–Kier alpha value is -2.37. The molecule has 0 aromatic heterocycles. The molecule has 4 nitrogen and oxygen atoms in total. The normalized spacial score (nSPS) is 21.7. The van der Waals surface area contributed by atoms with Crippen LogP contribution in [0.15, 0.2) is 73.3 Å². The Kier molecular flexibility index (Phi) is 7.78. The van der Waals surface area contributed by atoms with E-state index < -0.39 is 13.9 Å². The molecule has 184 valence electrons. The molecule has 0 aliphatic carbocycles. The number of amides is 1. The molecule has 1 heterocycles. The third-order valence-electron chi connectivity index (χ3n) is 6.70. The lowest BCUT2D eigenvalue weighted by atomic mass is 9.94. The Morgan fingerprint density at radius 3 is 1.85 bits per heavy atom. The molecular formula is C29H41NO3Si. The lowest BCUT2D eigenvalue weighted by molar-refractivity contribution is -0.0256. The molecule has 0 bridgehead atoms. The first kappa shape index (κ1) is 26.2. The first-order valence-electron chi connectivity index (χ1n) is 12.3. The molecule has 2 aromatic carbocycles. The molecule has 34 heavy (non-hydrogen) atoms. The smallest absolute Gasteiger partial charge is 0.411 e. The van der Waals surface area contributed by atoms with Crippen molar-refractivity contribution in [3.8, 4) is 0 Å². The van der Waals surface area contributed by atoms with Gasteiger partial charge in [0.25, 0.3) is 8.32 Å². The van der Waals surface area contributed by atoms with E-state index in [4.69, 9.17) is 9.16 Å². The van der Waals surface area contributed by atoms with Crippen LogP contribution >= 0.6 is 0 Å². The van der Waals surface area contributed by atoms with Crippen LogP contribution in [0, 0.1) is 0 Å². The predicted molar refractivity (Wildman–Crippen MR) is 143 cm³/mol. The molecule has 0 radical (unpaired) electrons. The molecule has 0 unspecified atom stereocenters. The number of piperidine rings is 1. The quantitative estimate of drug-likeness (QED) is 0.395. The number of ether oxygens (including phenoxy) is 1.